The van der Waals surface area contributed by atoms with E-state index in [0.717, 1.165) is 44.4 Å². The molecule has 29 heavy (non-hydrogen) atoms. The zero-order chi connectivity index (χ0) is 19.8. The SMILES string of the molecule is CCNC(=NCC(c1ccccc1OC)N1CCCC1)NCC1CCCN1C.I. The Kier molecular flexibility index (Phi) is 10.5. The van der Waals surface area contributed by atoms with Gasteiger partial charge >= 0.3 is 0 Å². The summed E-state index contributed by atoms with van der Waals surface area (Å²) in [5.74, 6) is 1.88. The fourth-order valence-corrected chi connectivity index (χ4v) is 4.38. The van der Waals surface area contributed by atoms with Crippen LogP contribution in [0, 0.1) is 0 Å². The predicted octanol–water partition coefficient (Wildman–Crippen LogP) is 3.10. The molecule has 2 unspecified atom stereocenters. The van der Waals surface area contributed by atoms with Crippen molar-refractivity contribution >= 4 is 29.9 Å². The molecule has 0 spiro atoms. The van der Waals surface area contributed by atoms with Gasteiger partial charge in [0.15, 0.2) is 5.96 Å². The van der Waals surface area contributed by atoms with Crippen molar-refractivity contribution in [1.29, 1.82) is 0 Å². The first-order valence-electron chi connectivity index (χ1n) is 10.8. The highest BCUT2D eigenvalue weighted by Gasteiger charge is 2.26. The third kappa shape index (κ3) is 6.72. The van der Waals surface area contributed by atoms with E-state index in [2.05, 4.69) is 52.6 Å². The van der Waals surface area contributed by atoms with Crippen molar-refractivity contribution in [2.45, 2.75) is 44.7 Å². The van der Waals surface area contributed by atoms with Gasteiger partial charge in [-0.15, -0.1) is 24.0 Å². The predicted molar refractivity (Wildman–Crippen MR) is 132 cm³/mol. The molecule has 2 fully saturated rings. The van der Waals surface area contributed by atoms with E-state index in [1.807, 2.05) is 6.07 Å². The largest absolute Gasteiger partial charge is 0.496 e. The maximum Gasteiger partial charge on any atom is 0.191 e. The van der Waals surface area contributed by atoms with Crippen molar-refractivity contribution in [2.75, 3.05) is 53.4 Å². The van der Waals surface area contributed by atoms with Gasteiger partial charge in [-0.3, -0.25) is 9.89 Å². The summed E-state index contributed by atoms with van der Waals surface area (Å²) in [6.07, 6.45) is 5.09. The summed E-state index contributed by atoms with van der Waals surface area (Å²) in [5.41, 5.74) is 1.24. The molecule has 3 rings (SSSR count). The second-order valence-corrected chi connectivity index (χ2v) is 7.88. The van der Waals surface area contributed by atoms with Crippen molar-refractivity contribution in [3.63, 3.8) is 0 Å². The van der Waals surface area contributed by atoms with Crippen molar-refractivity contribution in [1.82, 2.24) is 20.4 Å². The zero-order valence-electron chi connectivity index (χ0n) is 18.2. The first-order chi connectivity index (χ1) is 13.7. The first-order valence-corrected chi connectivity index (χ1v) is 10.8. The summed E-state index contributed by atoms with van der Waals surface area (Å²) >= 11 is 0. The lowest BCUT2D eigenvalue weighted by atomic mass is 10.0. The Balaban J connectivity index is 0.00000300. The molecule has 2 heterocycles. The molecular weight excluding hydrogens is 477 g/mol. The molecule has 0 amide bonds. The Morgan fingerprint density at radius 2 is 1.93 bits per heavy atom. The van der Waals surface area contributed by atoms with Gasteiger partial charge in [-0.25, -0.2) is 0 Å². The Labute approximate surface area is 193 Å². The molecule has 2 saturated heterocycles. The van der Waals surface area contributed by atoms with Crippen LogP contribution in [0.25, 0.3) is 0 Å². The molecule has 1 aromatic carbocycles. The van der Waals surface area contributed by atoms with Crippen LogP contribution < -0.4 is 15.4 Å². The Hall–Kier alpha value is -1.06. The number of benzene rings is 1. The van der Waals surface area contributed by atoms with Crippen LogP contribution in [0.15, 0.2) is 29.3 Å². The third-order valence-electron chi connectivity index (χ3n) is 6.02. The number of likely N-dealkylation sites (N-methyl/N-ethyl adjacent to an activating group) is 1. The number of nitrogens with one attached hydrogen (secondary N) is 2. The minimum atomic E-state index is 0. The third-order valence-corrected chi connectivity index (χ3v) is 6.02. The molecule has 2 aliphatic heterocycles. The summed E-state index contributed by atoms with van der Waals surface area (Å²) in [4.78, 5) is 9.97. The van der Waals surface area contributed by atoms with Crippen molar-refractivity contribution in [2.24, 2.45) is 4.99 Å². The summed E-state index contributed by atoms with van der Waals surface area (Å²) in [7, 11) is 3.97. The van der Waals surface area contributed by atoms with Crippen LogP contribution in [0.3, 0.4) is 0 Å². The number of rotatable bonds is 8. The molecule has 0 aliphatic carbocycles. The fraction of sp³-hybridized carbons (Fsp3) is 0.682. The van der Waals surface area contributed by atoms with Gasteiger partial charge in [0.1, 0.15) is 5.75 Å². The smallest absolute Gasteiger partial charge is 0.191 e. The molecule has 0 bridgehead atoms. The van der Waals surface area contributed by atoms with Gasteiger partial charge in [0, 0.05) is 24.7 Å². The fourth-order valence-electron chi connectivity index (χ4n) is 4.38. The molecule has 0 radical (unpaired) electrons. The van der Waals surface area contributed by atoms with E-state index < -0.39 is 0 Å². The number of likely N-dealkylation sites (tertiary alicyclic amines) is 2. The lowest BCUT2D eigenvalue weighted by Gasteiger charge is -2.28. The number of hydrogen-bond acceptors (Lipinski definition) is 4. The molecule has 0 saturated carbocycles. The number of nitrogens with zero attached hydrogens (tertiary/aromatic N) is 3. The number of halogens is 1. The molecule has 2 atom stereocenters. The summed E-state index contributed by atoms with van der Waals surface area (Å²) < 4.78 is 5.66. The molecule has 164 valence electrons. The zero-order valence-corrected chi connectivity index (χ0v) is 20.5. The van der Waals surface area contributed by atoms with Crippen molar-refractivity contribution < 1.29 is 4.74 Å². The Bertz CT molecular complexity index is 635. The number of hydrogen-bond donors (Lipinski definition) is 2. The summed E-state index contributed by atoms with van der Waals surface area (Å²) in [6.45, 7) is 8.14. The standard InChI is InChI=1S/C22H37N5O.HI/c1-4-23-22(24-16-18-10-9-13-26(18)2)25-17-20(27-14-7-8-15-27)19-11-5-6-12-21(19)28-3;/h5-6,11-12,18,20H,4,7-10,13-17H2,1-3H3,(H2,23,24,25);1H. The lowest BCUT2D eigenvalue weighted by Crippen LogP contribution is -2.44. The molecule has 7 heteroatoms. The number of guanidine groups is 1. The van der Waals surface area contributed by atoms with E-state index in [0.29, 0.717) is 6.04 Å². The van der Waals surface area contributed by atoms with Gasteiger partial charge in [-0.1, -0.05) is 18.2 Å². The van der Waals surface area contributed by atoms with Gasteiger partial charge in [0.2, 0.25) is 0 Å². The number of ether oxygens (including phenoxy) is 1. The van der Waals surface area contributed by atoms with E-state index in [4.69, 9.17) is 9.73 Å². The first kappa shape index (κ1) is 24.2. The van der Waals surface area contributed by atoms with Crippen LogP contribution in [0.4, 0.5) is 0 Å². The van der Waals surface area contributed by atoms with Gasteiger partial charge in [0.25, 0.3) is 0 Å². The topological polar surface area (TPSA) is 52.1 Å². The van der Waals surface area contributed by atoms with Crippen molar-refractivity contribution in [3.05, 3.63) is 29.8 Å². The van der Waals surface area contributed by atoms with Gasteiger partial charge in [-0.2, -0.15) is 0 Å². The maximum absolute atomic E-state index is 5.66. The quantitative estimate of drug-likeness (QED) is 0.317. The van der Waals surface area contributed by atoms with E-state index in [1.165, 1.54) is 37.8 Å². The normalized spacial score (nSPS) is 21.6. The van der Waals surface area contributed by atoms with Crippen LogP contribution in [0.2, 0.25) is 0 Å². The molecule has 2 N–H and O–H groups in total. The summed E-state index contributed by atoms with van der Waals surface area (Å²) in [6, 6.07) is 9.24. The monoisotopic (exact) mass is 515 g/mol. The highest BCUT2D eigenvalue weighted by Crippen LogP contribution is 2.31. The van der Waals surface area contributed by atoms with Crippen molar-refractivity contribution in [3.8, 4) is 5.75 Å². The van der Waals surface area contributed by atoms with Crippen LogP contribution in [0.1, 0.15) is 44.2 Å². The highest BCUT2D eigenvalue weighted by atomic mass is 127. The van der Waals surface area contributed by atoms with Gasteiger partial charge in [-0.05, 0) is 65.4 Å². The molecule has 6 nitrogen and oxygen atoms in total. The van der Waals surface area contributed by atoms with E-state index in [9.17, 15) is 0 Å². The Morgan fingerprint density at radius 3 is 2.59 bits per heavy atom. The van der Waals surface area contributed by atoms with Crippen LogP contribution in [-0.2, 0) is 0 Å². The van der Waals surface area contributed by atoms with Crippen LogP contribution >= 0.6 is 24.0 Å². The minimum Gasteiger partial charge on any atom is -0.496 e. The second-order valence-electron chi connectivity index (χ2n) is 7.88. The summed E-state index contributed by atoms with van der Waals surface area (Å²) in [5, 5.41) is 6.98. The Morgan fingerprint density at radius 1 is 1.17 bits per heavy atom. The molecule has 2 aliphatic rings. The lowest BCUT2D eigenvalue weighted by molar-refractivity contribution is 0.245. The van der Waals surface area contributed by atoms with Gasteiger partial charge < -0.3 is 20.3 Å². The van der Waals surface area contributed by atoms with Crippen LogP contribution in [-0.4, -0.2) is 75.2 Å². The van der Waals surface area contributed by atoms with Gasteiger partial charge in [0.05, 0.1) is 19.7 Å². The molecule has 1 aromatic rings. The van der Waals surface area contributed by atoms with E-state index in [1.54, 1.807) is 7.11 Å². The minimum absolute atomic E-state index is 0. The number of para-hydroxylation sites is 1. The van der Waals surface area contributed by atoms with Crippen LogP contribution in [0.5, 0.6) is 5.75 Å². The average molecular weight is 515 g/mol. The van der Waals surface area contributed by atoms with E-state index in [-0.39, 0.29) is 30.0 Å². The average Bonchev–Trinajstić information content (AvgIpc) is 3.38. The molecule has 0 aromatic heterocycles. The highest BCUT2D eigenvalue weighted by molar-refractivity contribution is 14.0. The second kappa shape index (κ2) is 12.6. The molecular formula is C22H38IN5O. The number of aliphatic imine (C=N–C) groups is 1. The number of methoxy groups -OCH3 is 1. The van der Waals surface area contributed by atoms with E-state index >= 15 is 0 Å². The maximum atomic E-state index is 5.66.